The van der Waals surface area contributed by atoms with Crippen LogP contribution in [0.15, 0.2) is 24.3 Å². The van der Waals surface area contributed by atoms with Gasteiger partial charge in [-0.25, -0.2) is 8.42 Å². The zero-order valence-corrected chi connectivity index (χ0v) is 15.2. The molecular formula is C16H24N3O5S+. The number of hydrogen-bond acceptors (Lipinski definition) is 5. The summed E-state index contributed by atoms with van der Waals surface area (Å²) < 4.78 is 27.8. The van der Waals surface area contributed by atoms with Crippen LogP contribution in [0, 0.1) is 0 Å². The third-order valence-electron chi connectivity index (χ3n) is 3.90. The van der Waals surface area contributed by atoms with Crippen molar-refractivity contribution >= 4 is 27.3 Å². The third kappa shape index (κ3) is 6.35. The van der Waals surface area contributed by atoms with Gasteiger partial charge in [0.15, 0.2) is 22.9 Å². The smallest absolute Gasteiger partial charge is 0.279 e. The van der Waals surface area contributed by atoms with E-state index in [2.05, 4.69) is 10.6 Å². The molecule has 1 aromatic carbocycles. The Kier molecular flexibility index (Phi) is 6.38. The Morgan fingerprint density at radius 1 is 1.20 bits per heavy atom. The largest absolute Gasteiger partial charge is 0.497 e. The van der Waals surface area contributed by atoms with Crippen molar-refractivity contribution in [3.05, 3.63) is 24.3 Å². The Labute approximate surface area is 147 Å². The summed E-state index contributed by atoms with van der Waals surface area (Å²) in [4.78, 5) is 24.7. The van der Waals surface area contributed by atoms with E-state index in [4.69, 9.17) is 4.74 Å². The normalized spacial score (nSPS) is 19.8. The number of anilines is 1. The van der Waals surface area contributed by atoms with Crippen molar-refractivity contribution in [2.24, 2.45) is 0 Å². The summed E-state index contributed by atoms with van der Waals surface area (Å²) in [5.74, 6) is 0.350. The lowest BCUT2D eigenvalue weighted by atomic mass is 10.2. The number of likely N-dealkylation sites (N-methyl/N-ethyl adjacent to an activating group) is 1. The Morgan fingerprint density at radius 2 is 1.84 bits per heavy atom. The predicted molar refractivity (Wildman–Crippen MR) is 93.4 cm³/mol. The van der Waals surface area contributed by atoms with E-state index in [0.29, 0.717) is 22.8 Å². The fraction of sp³-hybridized carbons (Fsp3) is 0.500. The number of methoxy groups -OCH3 is 1. The topological polar surface area (TPSA) is 106 Å². The van der Waals surface area contributed by atoms with Gasteiger partial charge in [0, 0.05) is 11.7 Å². The van der Waals surface area contributed by atoms with Gasteiger partial charge in [0.05, 0.1) is 25.7 Å². The first-order valence-corrected chi connectivity index (χ1v) is 9.84. The maximum Gasteiger partial charge on any atom is 0.279 e. The molecule has 0 spiro atoms. The van der Waals surface area contributed by atoms with Crippen LogP contribution in [0.2, 0.25) is 0 Å². The molecule has 8 nitrogen and oxygen atoms in total. The molecule has 2 rings (SSSR count). The second-order valence-electron chi connectivity index (χ2n) is 6.25. The lowest BCUT2D eigenvalue weighted by Crippen LogP contribution is -3.11. The number of amides is 2. The summed E-state index contributed by atoms with van der Waals surface area (Å²) in [6.45, 7) is 0.231. The number of nitrogens with one attached hydrogen (secondary N) is 3. The number of quaternary nitrogens is 1. The van der Waals surface area contributed by atoms with Crippen LogP contribution >= 0.6 is 0 Å². The second-order valence-corrected chi connectivity index (χ2v) is 8.48. The van der Waals surface area contributed by atoms with Crippen molar-refractivity contribution in [2.45, 2.75) is 12.5 Å². The molecule has 0 aromatic heterocycles. The van der Waals surface area contributed by atoms with Crippen molar-refractivity contribution in [2.75, 3.05) is 44.1 Å². The van der Waals surface area contributed by atoms with Gasteiger partial charge in [-0.1, -0.05) is 0 Å². The number of rotatable bonds is 7. The molecule has 138 valence electrons. The second kappa shape index (κ2) is 8.30. The monoisotopic (exact) mass is 370 g/mol. The number of benzene rings is 1. The minimum absolute atomic E-state index is 0.00422. The van der Waals surface area contributed by atoms with E-state index in [1.807, 2.05) is 0 Å². The standard InChI is InChI=1S/C16H23N3O5S/c1-19(10-16(21)18-13-7-8-25(22,23)11-13)9-15(20)17-12-3-5-14(24-2)6-4-12/h3-6,13H,7-11H2,1-2H3,(H,17,20)(H,18,21)/p+1/t13-/m1/s1. The summed E-state index contributed by atoms with van der Waals surface area (Å²) >= 11 is 0. The molecule has 1 aliphatic rings. The average Bonchev–Trinajstić information content (AvgIpc) is 2.86. The first-order valence-electron chi connectivity index (χ1n) is 8.02. The first kappa shape index (κ1) is 19.2. The van der Waals surface area contributed by atoms with Gasteiger partial charge in [0.25, 0.3) is 11.8 Å². The minimum Gasteiger partial charge on any atom is -0.497 e. The molecule has 0 bridgehead atoms. The van der Waals surface area contributed by atoms with Crippen LogP contribution in [-0.2, 0) is 19.4 Å². The lowest BCUT2D eigenvalue weighted by Gasteiger charge is -2.15. The summed E-state index contributed by atoms with van der Waals surface area (Å²) in [5.41, 5.74) is 0.652. The van der Waals surface area contributed by atoms with Gasteiger partial charge >= 0.3 is 0 Å². The SMILES string of the molecule is COc1ccc(NC(=O)C[NH+](C)CC(=O)N[C@@H]2CCS(=O)(=O)C2)cc1. The molecule has 2 amide bonds. The van der Waals surface area contributed by atoms with Gasteiger partial charge in [-0.2, -0.15) is 0 Å². The number of hydrogen-bond donors (Lipinski definition) is 3. The van der Waals surface area contributed by atoms with E-state index in [1.165, 1.54) is 0 Å². The molecule has 1 aliphatic heterocycles. The van der Waals surface area contributed by atoms with E-state index in [9.17, 15) is 18.0 Å². The molecule has 0 saturated carbocycles. The first-order chi connectivity index (χ1) is 11.8. The molecule has 0 radical (unpaired) electrons. The fourth-order valence-electron chi connectivity index (χ4n) is 2.68. The molecule has 1 saturated heterocycles. The average molecular weight is 370 g/mol. The van der Waals surface area contributed by atoms with E-state index in [-0.39, 0.29) is 42.5 Å². The molecule has 9 heteroatoms. The van der Waals surface area contributed by atoms with Crippen LogP contribution in [0.1, 0.15) is 6.42 Å². The summed E-state index contributed by atoms with van der Waals surface area (Å²) in [5, 5.41) is 5.47. The van der Waals surface area contributed by atoms with Crippen LogP contribution < -0.4 is 20.3 Å². The Morgan fingerprint density at radius 3 is 2.40 bits per heavy atom. The van der Waals surface area contributed by atoms with Crippen molar-refractivity contribution in [1.82, 2.24) is 5.32 Å². The highest BCUT2D eigenvalue weighted by Crippen LogP contribution is 2.14. The van der Waals surface area contributed by atoms with Crippen molar-refractivity contribution in [3.63, 3.8) is 0 Å². The Balaban J connectivity index is 1.74. The Bertz CT molecular complexity index is 718. The number of carbonyl (C=O) groups is 2. The zero-order chi connectivity index (χ0) is 18.4. The van der Waals surface area contributed by atoms with Gasteiger partial charge < -0.3 is 20.3 Å². The van der Waals surface area contributed by atoms with Gasteiger partial charge in [-0.15, -0.1) is 0 Å². The van der Waals surface area contributed by atoms with Crippen molar-refractivity contribution < 1.29 is 27.6 Å². The van der Waals surface area contributed by atoms with E-state index in [1.54, 1.807) is 38.4 Å². The lowest BCUT2D eigenvalue weighted by molar-refractivity contribution is -0.862. The number of ether oxygens (including phenoxy) is 1. The van der Waals surface area contributed by atoms with Crippen LogP contribution in [0.25, 0.3) is 0 Å². The third-order valence-corrected chi connectivity index (χ3v) is 5.66. The van der Waals surface area contributed by atoms with Crippen LogP contribution in [0.4, 0.5) is 5.69 Å². The highest BCUT2D eigenvalue weighted by Gasteiger charge is 2.29. The van der Waals surface area contributed by atoms with Gasteiger partial charge in [0.2, 0.25) is 0 Å². The highest BCUT2D eigenvalue weighted by atomic mass is 32.2. The quantitative estimate of drug-likeness (QED) is 0.539. The summed E-state index contributed by atoms with van der Waals surface area (Å²) in [6, 6.07) is 6.64. The molecule has 2 atom stereocenters. The molecule has 3 N–H and O–H groups in total. The summed E-state index contributed by atoms with van der Waals surface area (Å²) in [7, 11) is 0.279. The molecule has 1 unspecified atom stereocenters. The van der Waals surface area contributed by atoms with Crippen molar-refractivity contribution in [1.29, 1.82) is 0 Å². The predicted octanol–water partition coefficient (Wildman–Crippen LogP) is -1.55. The molecule has 25 heavy (non-hydrogen) atoms. The number of sulfone groups is 1. The zero-order valence-electron chi connectivity index (χ0n) is 14.4. The van der Waals surface area contributed by atoms with Crippen LogP contribution in [0.3, 0.4) is 0 Å². The molecule has 1 aromatic rings. The van der Waals surface area contributed by atoms with E-state index in [0.717, 1.165) is 0 Å². The van der Waals surface area contributed by atoms with Crippen LogP contribution in [0.5, 0.6) is 5.75 Å². The molecular weight excluding hydrogens is 346 g/mol. The van der Waals surface area contributed by atoms with Gasteiger partial charge in [-0.3, -0.25) is 9.59 Å². The maximum atomic E-state index is 12.0. The molecule has 0 aliphatic carbocycles. The molecule has 1 heterocycles. The fourth-order valence-corrected chi connectivity index (χ4v) is 4.35. The van der Waals surface area contributed by atoms with Gasteiger partial charge in [0.1, 0.15) is 5.75 Å². The van der Waals surface area contributed by atoms with Gasteiger partial charge in [-0.05, 0) is 30.7 Å². The maximum absolute atomic E-state index is 12.0. The minimum atomic E-state index is -3.02. The van der Waals surface area contributed by atoms with Crippen LogP contribution in [-0.4, -0.2) is 65.0 Å². The van der Waals surface area contributed by atoms with E-state index < -0.39 is 9.84 Å². The number of carbonyl (C=O) groups excluding carboxylic acids is 2. The highest BCUT2D eigenvalue weighted by molar-refractivity contribution is 7.91. The Hall–Kier alpha value is -2.13. The van der Waals surface area contributed by atoms with Crippen molar-refractivity contribution in [3.8, 4) is 5.75 Å². The molecule has 1 fully saturated rings. The summed E-state index contributed by atoms with van der Waals surface area (Å²) in [6.07, 6.45) is 0.449. The van der Waals surface area contributed by atoms with E-state index >= 15 is 0 Å².